The van der Waals surface area contributed by atoms with Crippen molar-refractivity contribution < 1.29 is 23.0 Å². The first-order valence-electron chi connectivity index (χ1n) is 9.72. The van der Waals surface area contributed by atoms with Crippen LogP contribution in [0.15, 0.2) is 58.3 Å². The molecule has 0 fully saturated rings. The number of rotatable bonds is 5. The van der Waals surface area contributed by atoms with E-state index in [2.05, 4.69) is 4.98 Å². The number of aryl methyl sites for hydroxylation is 1. The number of benzene rings is 1. The number of aromatic amines is 1. The summed E-state index contributed by atoms with van der Waals surface area (Å²) in [6, 6.07) is 12.3. The van der Waals surface area contributed by atoms with Gasteiger partial charge in [0.05, 0.1) is 11.9 Å². The van der Waals surface area contributed by atoms with Crippen molar-refractivity contribution in [3.05, 3.63) is 75.1 Å². The van der Waals surface area contributed by atoms with Crippen LogP contribution in [0.1, 0.15) is 12.5 Å². The summed E-state index contributed by atoms with van der Waals surface area (Å²) in [6.45, 7) is 1.14. The molecule has 0 bridgehead atoms. The van der Waals surface area contributed by atoms with Gasteiger partial charge in [0.1, 0.15) is 10.6 Å². The summed E-state index contributed by atoms with van der Waals surface area (Å²) in [5.41, 5.74) is -3.84. The first-order valence-corrected chi connectivity index (χ1v) is 10.5. The number of H-pyrrole nitrogens is 1. The van der Waals surface area contributed by atoms with E-state index in [-0.39, 0.29) is 10.2 Å². The highest BCUT2D eigenvalue weighted by Gasteiger charge is 2.50. The van der Waals surface area contributed by atoms with E-state index in [1.54, 1.807) is 31.2 Å². The van der Waals surface area contributed by atoms with Crippen molar-refractivity contribution in [2.24, 2.45) is 0 Å². The van der Waals surface area contributed by atoms with E-state index in [9.17, 15) is 27.9 Å². The van der Waals surface area contributed by atoms with Gasteiger partial charge in [0, 0.05) is 22.7 Å². The Morgan fingerprint density at radius 2 is 1.85 bits per heavy atom. The van der Waals surface area contributed by atoms with Crippen LogP contribution in [0, 0.1) is 6.92 Å². The van der Waals surface area contributed by atoms with Gasteiger partial charge in [-0.1, -0.05) is 18.2 Å². The van der Waals surface area contributed by atoms with Crippen LogP contribution in [0.3, 0.4) is 0 Å². The number of aliphatic hydroxyl groups is 1. The number of fused-ring (bicyclic) bond motifs is 1. The normalized spacial score (nSPS) is 13.8. The molecule has 0 aliphatic rings. The number of thiophene rings is 1. The van der Waals surface area contributed by atoms with Gasteiger partial charge >= 0.3 is 11.9 Å². The third-order valence-electron chi connectivity index (χ3n) is 5.11. The van der Waals surface area contributed by atoms with Crippen molar-refractivity contribution in [3.63, 3.8) is 0 Å². The number of halogens is 3. The molecule has 0 saturated carbocycles. The number of aromatic nitrogens is 3. The topological polar surface area (TPSA) is 97.2 Å². The Labute approximate surface area is 188 Å². The molecular formula is C22H18F3N3O4S. The fourth-order valence-corrected chi connectivity index (χ4v) is 4.57. The summed E-state index contributed by atoms with van der Waals surface area (Å²) in [6.07, 6.45) is -3.46. The fourth-order valence-electron chi connectivity index (χ4n) is 3.28. The van der Waals surface area contributed by atoms with E-state index < -0.39 is 29.6 Å². The molecule has 0 radical (unpaired) electrons. The zero-order valence-corrected chi connectivity index (χ0v) is 18.3. The first kappa shape index (κ1) is 22.7. The molecule has 33 heavy (non-hydrogen) atoms. The zero-order valence-electron chi connectivity index (χ0n) is 17.4. The molecule has 0 aliphatic heterocycles. The third-order valence-corrected chi connectivity index (χ3v) is 6.47. The van der Waals surface area contributed by atoms with E-state index in [0.29, 0.717) is 34.6 Å². The van der Waals surface area contributed by atoms with Gasteiger partial charge in [-0.2, -0.15) is 13.2 Å². The molecule has 4 aromatic rings. The summed E-state index contributed by atoms with van der Waals surface area (Å²) in [4.78, 5) is 31.7. The number of ether oxygens (including phenoxy) is 1. The van der Waals surface area contributed by atoms with Gasteiger partial charge in [-0.05, 0) is 37.6 Å². The number of alkyl halides is 3. The summed E-state index contributed by atoms with van der Waals surface area (Å²) in [5.74, 6) is 0.933. The fraction of sp³-hybridized carbons (Fsp3) is 0.227. The maximum Gasteiger partial charge on any atom is 0.418 e. The number of hydrogen-bond acceptors (Lipinski definition) is 6. The summed E-state index contributed by atoms with van der Waals surface area (Å²) >= 11 is 0.977. The SMILES string of the molecule is Cc1c(-c2ccc(Oc3ccccc3)nc2)sc2c1c(=O)[nH]c(=O)n2C[C@](C)(O)C(F)(F)F. The Hall–Kier alpha value is -3.44. The maximum atomic E-state index is 13.2. The molecule has 0 unspecified atom stereocenters. The lowest BCUT2D eigenvalue weighted by molar-refractivity contribution is -0.257. The molecule has 11 heteroatoms. The van der Waals surface area contributed by atoms with Crippen LogP contribution in [0.5, 0.6) is 11.6 Å². The number of para-hydroxylation sites is 1. The average Bonchev–Trinajstić information content (AvgIpc) is 3.09. The van der Waals surface area contributed by atoms with Crippen molar-refractivity contribution in [1.82, 2.24) is 14.5 Å². The van der Waals surface area contributed by atoms with Crippen molar-refractivity contribution in [2.45, 2.75) is 32.2 Å². The van der Waals surface area contributed by atoms with Gasteiger partial charge in [-0.15, -0.1) is 11.3 Å². The first-order chi connectivity index (χ1) is 15.5. The second kappa shape index (κ2) is 8.16. The lowest BCUT2D eigenvalue weighted by atomic mass is 10.1. The van der Waals surface area contributed by atoms with Crippen molar-refractivity contribution in [3.8, 4) is 22.1 Å². The quantitative estimate of drug-likeness (QED) is 0.449. The van der Waals surface area contributed by atoms with Gasteiger partial charge in [0.15, 0.2) is 5.60 Å². The second-order valence-corrected chi connectivity index (χ2v) is 8.65. The number of pyridine rings is 1. The Kier molecular flexibility index (Phi) is 5.62. The molecule has 0 amide bonds. The summed E-state index contributed by atoms with van der Waals surface area (Å²) in [5, 5.41) is 9.99. The number of nitrogens with one attached hydrogen (secondary N) is 1. The van der Waals surface area contributed by atoms with Crippen LogP contribution in [0.25, 0.3) is 20.7 Å². The van der Waals surface area contributed by atoms with Crippen molar-refractivity contribution in [1.29, 1.82) is 0 Å². The minimum absolute atomic E-state index is 0.0328. The standard InChI is InChI=1S/C22H18F3N3O4S/c1-12-16-18(29)27-20(30)28(11-21(2,31)22(23,24)25)19(16)33-17(12)13-8-9-15(26-10-13)32-14-6-4-3-5-7-14/h3-10,31H,11H2,1-2H3,(H,27,29,30)/t21-/m0/s1. The van der Waals surface area contributed by atoms with Gasteiger partial charge in [-0.25, -0.2) is 9.78 Å². The summed E-state index contributed by atoms with van der Waals surface area (Å²) < 4.78 is 46.1. The molecule has 172 valence electrons. The van der Waals surface area contributed by atoms with E-state index in [4.69, 9.17) is 4.74 Å². The van der Waals surface area contributed by atoms with Crippen LogP contribution in [0.2, 0.25) is 0 Å². The second-order valence-electron chi connectivity index (χ2n) is 7.65. The number of hydrogen-bond donors (Lipinski definition) is 2. The Morgan fingerprint density at radius 3 is 2.45 bits per heavy atom. The predicted molar refractivity (Wildman–Crippen MR) is 118 cm³/mol. The molecule has 2 N–H and O–H groups in total. The van der Waals surface area contributed by atoms with Crippen molar-refractivity contribution >= 4 is 21.6 Å². The maximum absolute atomic E-state index is 13.2. The van der Waals surface area contributed by atoms with Gasteiger partial charge < -0.3 is 9.84 Å². The molecule has 3 aromatic heterocycles. The lowest BCUT2D eigenvalue weighted by Gasteiger charge is -2.26. The van der Waals surface area contributed by atoms with E-state index in [1.807, 2.05) is 23.2 Å². The van der Waals surface area contributed by atoms with Gasteiger partial charge in [0.2, 0.25) is 5.88 Å². The third kappa shape index (κ3) is 4.29. The minimum Gasteiger partial charge on any atom is -0.439 e. The highest BCUT2D eigenvalue weighted by Crippen LogP contribution is 2.38. The lowest BCUT2D eigenvalue weighted by Crippen LogP contribution is -2.48. The van der Waals surface area contributed by atoms with Crippen LogP contribution < -0.4 is 16.0 Å². The molecule has 7 nitrogen and oxygen atoms in total. The highest BCUT2D eigenvalue weighted by atomic mass is 32.1. The van der Waals surface area contributed by atoms with E-state index in [0.717, 1.165) is 15.9 Å². The molecule has 0 aliphatic carbocycles. The molecule has 0 saturated heterocycles. The number of nitrogens with zero attached hydrogens (tertiary/aromatic N) is 2. The average molecular weight is 477 g/mol. The zero-order chi connectivity index (χ0) is 24.0. The van der Waals surface area contributed by atoms with Crippen LogP contribution in [0.4, 0.5) is 13.2 Å². The van der Waals surface area contributed by atoms with Crippen LogP contribution >= 0.6 is 11.3 Å². The molecule has 1 aromatic carbocycles. The Morgan fingerprint density at radius 1 is 1.15 bits per heavy atom. The Balaban J connectivity index is 1.77. The van der Waals surface area contributed by atoms with Gasteiger partial charge in [0.25, 0.3) is 5.56 Å². The van der Waals surface area contributed by atoms with Crippen LogP contribution in [-0.4, -0.2) is 31.4 Å². The highest BCUT2D eigenvalue weighted by molar-refractivity contribution is 7.22. The summed E-state index contributed by atoms with van der Waals surface area (Å²) in [7, 11) is 0. The molecular weight excluding hydrogens is 459 g/mol. The van der Waals surface area contributed by atoms with E-state index in [1.165, 1.54) is 6.20 Å². The van der Waals surface area contributed by atoms with Gasteiger partial charge in [-0.3, -0.25) is 14.3 Å². The molecule has 3 heterocycles. The smallest absolute Gasteiger partial charge is 0.418 e. The molecule has 0 spiro atoms. The van der Waals surface area contributed by atoms with Crippen LogP contribution in [-0.2, 0) is 6.54 Å². The monoisotopic (exact) mass is 477 g/mol. The van der Waals surface area contributed by atoms with Crippen molar-refractivity contribution in [2.75, 3.05) is 0 Å². The predicted octanol–water partition coefficient (Wildman–Crippen LogP) is 4.23. The molecule has 4 rings (SSSR count). The Bertz CT molecular complexity index is 1420. The molecule has 1 atom stereocenters. The van der Waals surface area contributed by atoms with E-state index >= 15 is 0 Å². The largest absolute Gasteiger partial charge is 0.439 e. The minimum atomic E-state index is -4.97.